The van der Waals surface area contributed by atoms with Crippen molar-refractivity contribution in [1.29, 1.82) is 0 Å². The minimum Gasteiger partial charge on any atom is -0.307 e. The van der Waals surface area contributed by atoms with Crippen LogP contribution in [-0.2, 0) is 0 Å². The molecule has 0 aromatic carbocycles. The number of nitrogens with one attached hydrogen (secondary N) is 2. The third kappa shape index (κ3) is 2.92. The second-order valence-electron chi connectivity index (χ2n) is 4.24. The van der Waals surface area contributed by atoms with Gasteiger partial charge < -0.3 is 5.32 Å². The van der Waals surface area contributed by atoms with Gasteiger partial charge in [0.1, 0.15) is 5.82 Å². The normalized spacial score (nSPS) is 21.4. The summed E-state index contributed by atoms with van der Waals surface area (Å²) in [5.74, 6) is 2.34. The summed E-state index contributed by atoms with van der Waals surface area (Å²) in [6.45, 7) is 5.32. The number of halogens is 1. The fourth-order valence-corrected chi connectivity index (χ4v) is 1.79. The molecule has 86 valence electrons. The summed E-state index contributed by atoms with van der Waals surface area (Å²) < 4.78 is 0. The molecule has 0 bridgehead atoms. The lowest BCUT2D eigenvalue weighted by Gasteiger charge is -2.20. The predicted molar refractivity (Wildman–Crippen MR) is 62.3 cm³/mol. The first-order valence-corrected chi connectivity index (χ1v) is 5.43. The Morgan fingerprint density at radius 3 is 2.67 bits per heavy atom. The average Bonchev–Trinajstić information content (AvgIpc) is 2.68. The van der Waals surface area contributed by atoms with E-state index in [0.717, 1.165) is 18.2 Å². The Labute approximate surface area is 96.7 Å². The molecule has 15 heavy (non-hydrogen) atoms. The Bertz CT molecular complexity index is 291. The maximum absolute atomic E-state index is 4.50. The SMILES string of the molecule is CC(C)c1n[nH]c(C2CCCCN2)n1.Cl. The van der Waals surface area contributed by atoms with Gasteiger partial charge in [-0.1, -0.05) is 20.3 Å². The van der Waals surface area contributed by atoms with Crippen molar-refractivity contribution in [1.82, 2.24) is 20.5 Å². The Hall–Kier alpha value is -0.610. The van der Waals surface area contributed by atoms with Crippen LogP contribution in [0.15, 0.2) is 0 Å². The van der Waals surface area contributed by atoms with Gasteiger partial charge in [0, 0.05) is 5.92 Å². The molecule has 1 atom stereocenters. The average molecular weight is 231 g/mol. The van der Waals surface area contributed by atoms with Gasteiger partial charge in [-0.2, -0.15) is 5.10 Å². The zero-order chi connectivity index (χ0) is 9.97. The van der Waals surface area contributed by atoms with Crippen LogP contribution in [0.4, 0.5) is 0 Å². The van der Waals surface area contributed by atoms with Gasteiger partial charge in [-0.3, -0.25) is 5.10 Å². The van der Waals surface area contributed by atoms with E-state index in [1.54, 1.807) is 0 Å². The molecule has 5 heteroatoms. The molecule has 0 amide bonds. The number of nitrogens with zero attached hydrogens (tertiary/aromatic N) is 2. The maximum Gasteiger partial charge on any atom is 0.153 e. The highest BCUT2D eigenvalue weighted by molar-refractivity contribution is 5.85. The summed E-state index contributed by atoms with van der Waals surface area (Å²) in [5.41, 5.74) is 0. The van der Waals surface area contributed by atoms with Gasteiger partial charge in [0.25, 0.3) is 0 Å². The number of aromatic nitrogens is 3. The van der Waals surface area contributed by atoms with Crippen LogP contribution in [0.2, 0.25) is 0 Å². The molecule has 1 fully saturated rings. The number of rotatable bonds is 2. The van der Waals surface area contributed by atoms with Gasteiger partial charge in [0.2, 0.25) is 0 Å². The summed E-state index contributed by atoms with van der Waals surface area (Å²) in [6, 6.07) is 0.392. The quantitative estimate of drug-likeness (QED) is 0.819. The summed E-state index contributed by atoms with van der Waals surface area (Å²) in [5, 5.41) is 10.7. The molecule has 0 radical (unpaired) electrons. The molecule has 1 aromatic rings. The molecule has 1 aliphatic rings. The molecule has 2 rings (SSSR count). The molecule has 1 aromatic heterocycles. The van der Waals surface area contributed by atoms with Gasteiger partial charge in [0.05, 0.1) is 6.04 Å². The second kappa shape index (κ2) is 5.47. The zero-order valence-electron chi connectivity index (χ0n) is 9.29. The monoisotopic (exact) mass is 230 g/mol. The Morgan fingerprint density at radius 2 is 2.13 bits per heavy atom. The van der Waals surface area contributed by atoms with Crippen LogP contribution >= 0.6 is 12.4 Å². The van der Waals surface area contributed by atoms with Crippen LogP contribution in [0, 0.1) is 0 Å². The highest BCUT2D eigenvalue weighted by atomic mass is 35.5. The van der Waals surface area contributed by atoms with Crippen LogP contribution in [0.3, 0.4) is 0 Å². The third-order valence-corrected chi connectivity index (χ3v) is 2.68. The van der Waals surface area contributed by atoms with Crippen molar-refractivity contribution in [2.75, 3.05) is 6.54 Å². The van der Waals surface area contributed by atoms with Crippen molar-refractivity contribution in [2.45, 2.75) is 45.1 Å². The lowest BCUT2D eigenvalue weighted by molar-refractivity contribution is 0.398. The maximum atomic E-state index is 4.50. The van der Waals surface area contributed by atoms with E-state index in [2.05, 4.69) is 34.3 Å². The van der Waals surface area contributed by atoms with Gasteiger partial charge in [-0.15, -0.1) is 12.4 Å². The lowest BCUT2D eigenvalue weighted by atomic mass is 10.0. The minimum atomic E-state index is 0. The highest BCUT2D eigenvalue weighted by Gasteiger charge is 2.18. The molecule has 2 heterocycles. The van der Waals surface area contributed by atoms with Crippen molar-refractivity contribution in [3.05, 3.63) is 11.6 Å². The number of H-pyrrole nitrogens is 1. The van der Waals surface area contributed by atoms with E-state index >= 15 is 0 Å². The predicted octanol–water partition coefficient (Wildman–Crippen LogP) is 2.16. The van der Waals surface area contributed by atoms with Gasteiger partial charge in [-0.05, 0) is 19.4 Å². The lowest BCUT2D eigenvalue weighted by Crippen LogP contribution is -2.27. The first-order chi connectivity index (χ1) is 6.77. The van der Waals surface area contributed by atoms with Crippen molar-refractivity contribution in [3.63, 3.8) is 0 Å². The molecule has 1 unspecified atom stereocenters. The smallest absolute Gasteiger partial charge is 0.153 e. The van der Waals surface area contributed by atoms with Crippen molar-refractivity contribution < 1.29 is 0 Å². The topological polar surface area (TPSA) is 53.6 Å². The Morgan fingerprint density at radius 1 is 1.33 bits per heavy atom. The Balaban J connectivity index is 0.00000112. The van der Waals surface area contributed by atoms with E-state index in [1.165, 1.54) is 19.3 Å². The van der Waals surface area contributed by atoms with Crippen molar-refractivity contribution >= 4 is 12.4 Å². The van der Waals surface area contributed by atoms with Gasteiger partial charge in [0.15, 0.2) is 5.82 Å². The third-order valence-electron chi connectivity index (χ3n) is 2.68. The van der Waals surface area contributed by atoms with Gasteiger partial charge in [-0.25, -0.2) is 4.98 Å². The molecule has 4 nitrogen and oxygen atoms in total. The van der Waals surface area contributed by atoms with Crippen LogP contribution < -0.4 is 5.32 Å². The largest absolute Gasteiger partial charge is 0.307 e. The van der Waals surface area contributed by atoms with E-state index in [9.17, 15) is 0 Å². The van der Waals surface area contributed by atoms with Crippen molar-refractivity contribution in [2.24, 2.45) is 0 Å². The minimum absolute atomic E-state index is 0. The second-order valence-corrected chi connectivity index (χ2v) is 4.24. The summed E-state index contributed by atoms with van der Waals surface area (Å²) in [6.07, 6.45) is 3.74. The van der Waals surface area contributed by atoms with E-state index in [0.29, 0.717) is 12.0 Å². The number of hydrogen-bond donors (Lipinski definition) is 2. The van der Waals surface area contributed by atoms with Gasteiger partial charge >= 0.3 is 0 Å². The summed E-state index contributed by atoms with van der Waals surface area (Å²) in [7, 11) is 0. The molecule has 0 spiro atoms. The first-order valence-electron chi connectivity index (χ1n) is 5.43. The molecule has 0 saturated carbocycles. The number of piperidine rings is 1. The highest BCUT2D eigenvalue weighted by Crippen LogP contribution is 2.20. The van der Waals surface area contributed by atoms with E-state index in [1.807, 2.05) is 0 Å². The van der Waals surface area contributed by atoms with Crippen LogP contribution in [-0.4, -0.2) is 21.7 Å². The molecule has 1 aliphatic heterocycles. The van der Waals surface area contributed by atoms with Crippen LogP contribution in [0.25, 0.3) is 0 Å². The Kier molecular flexibility index (Phi) is 4.54. The molecule has 0 aliphatic carbocycles. The van der Waals surface area contributed by atoms with Crippen molar-refractivity contribution in [3.8, 4) is 0 Å². The zero-order valence-corrected chi connectivity index (χ0v) is 10.1. The first kappa shape index (κ1) is 12.5. The summed E-state index contributed by atoms with van der Waals surface area (Å²) >= 11 is 0. The molecular formula is C10H19ClN4. The van der Waals surface area contributed by atoms with Crippen LogP contribution in [0.1, 0.15) is 56.7 Å². The van der Waals surface area contributed by atoms with E-state index in [4.69, 9.17) is 0 Å². The summed E-state index contributed by atoms with van der Waals surface area (Å²) in [4.78, 5) is 4.50. The van der Waals surface area contributed by atoms with E-state index in [-0.39, 0.29) is 12.4 Å². The standard InChI is InChI=1S/C10H18N4.ClH/c1-7(2)9-12-10(14-13-9)8-5-3-4-6-11-8;/h7-8,11H,3-6H2,1-2H3,(H,12,13,14);1H. The fraction of sp³-hybridized carbons (Fsp3) is 0.800. The van der Waals surface area contributed by atoms with E-state index < -0.39 is 0 Å². The molecule has 2 N–H and O–H groups in total. The van der Waals surface area contributed by atoms with Crippen LogP contribution in [0.5, 0.6) is 0 Å². The number of aromatic amines is 1. The molecular weight excluding hydrogens is 212 g/mol. The fourth-order valence-electron chi connectivity index (χ4n) is 1.79. The number of hydrogen-bond acceptors (Lipinski definition) is 3. The molecule has 1 saturated heterocycles.